The number of anilines is 1. The summed E-state index contributed by atoms with van der Waals surface area (Å²) in [5.74, 6) is 1.66. The Kier molecular flexibility index (Phi) is 4.53. The second-order valence-electron chi connectivity index (χ2n) is 2.45. The number of rotatable bonds is 5. The Morgan fingerprint density at radius 1 is 1.38 bits per heavy atom. The van der Waals surface area contributed by atoms with Crippen molar-refractivity contribution < 1.29 is 0 Å². The van der Waals surface area contributed by atoms with Gasteiger partial charge < -0.3 is 5.32 Å². The van der Waals surface area contributed by atoms with E-state index in [1.54, 1.807) is 18.1 Å². The molecule has 5 heteroatoms. The Balaban J connectivity index is 2.56. The van der Waals surface area contributed by atoms with Gasteiger partial charge in [0.1, 0.15) is 6.33 Å². The molecule has 0 aliphatic rings. The molecule has 0 saturated heterocycles. The van der Waals surface area contributed by atoms with E-state index in [2.05, 4.69) is 34.1 Å². The summed E-state index contributed by atoms with van der Waals surface area (Å²) in [5, 5.41) is 3.91. The van der Waals surface area contributed by atoms with Gasteiger partial charge in [0.25, 0.3) is 0 Å². The van der Waals surface area contributed by atoms with Crippen molar-refractivity contribution in [2.75, 3.05) is 17.6 Å². The van der Waals surface area contributed by atoms with Gasteiger partial charge in [0, 0.05) is 6.54 Å². The van der Waals surface area contributed by atoms with Gasteiger partial charge in [-0.25, -0.2) is 9.97 Å². The lowest BCUT2D eigenvalue weighted by atomic mass is 10.5. The zero-order chi connectivity index (χ0) is 9.52. The van der Waals surface area contributed by atoms with Crippen LogP contribution >= 0.6 is 11.8 Å². The average molecular weight is 198 g/mol. The fourth-order valence-electron chi connectivity index (χ4n) is 0.802. The topological polar surface area (TPSA) is 50.7 Å². The van der Waals surface area contributed by atoms with E-state index in [9.17, 15) is 0 Å². The summed E-state index contributed by atoms with van der Waals surface area (Å²) in [6, 6.07) is 0. The molecule has 0 fully saturated rings. The van der Waals surface area contributed by atoms with Gasteiger partial charge in [0.15, 0.2) is 5.16 Å². The van der Waals surface area contributed by atoms with Crippen molar-refractivity contribution in [2.24, 2.45) is 0 Å². The summed E-state index contributed by atoms with van der Waals surface area (Å²) < 4.78 is 0. The number of nitrogens with one attached hydrogen (secondary N) is 1. The van der Waals surface area contributed by atoms with Gasteiger partial charge in [-0.3, -0.25) is 0 Å². The van der Waals surface area contributed by atoms with Crippen LogP contribution in [0.5, 0.6) is 0 Å². The summed E-state index contributed by atoms with van der Waals surface area (Å²) in [6.07, 6.45) is 2.62. The molecule has 1 aromatic rings. The van der Waals surface area contributed by atoms with Crippen molar-refractivity contribution in [1.82, 2.24) is 15.0 Å². The van der Waals surface area contributed by atoms with E-state index in [-0.39, 0.29) is 0 Å². The first-order valence-electron chi connectivity index (χ1n) is 4.42. The van der Waals surface area contributed by atoms with Crippen LogP contribution in [0.4, 0.5) is 5.95 Å². The van der Waals surface area contributed by atoms with E-state index in [4.69, 9.17) is 0 Å². The second kappa shape index (κ2) is 5.75. The lowest BCUT2D eigenvalue weighted by Crippen LogP contribution is -2.05. The molecule has 1 aromatic heterocycles. The van der Waals surface area contributed by atoms with Crippen molar-refractivity contribution in [3.8, 4) is 0 Å². The minimum Gasteiger partial charge on any atom is -0.354 e. The minimum absolute atomic E-state index is 0.674. The van der Waals surface area contributed by atoms with Crippen LogP contribution in [0.3, 0.4) is 0 Å². The molecule has 1 rings (SSSR count). The highest BCUT2D eigenvalue weighted by Crippen LogP contribution is 2.11. The van der Waals surface area contributed by atoms with Crippen molar-refractivity contribution in [2.45, 2.75) is 25.4 Å². The third-order valence-corrected chi connectivity index (χ3v) is 2.10. The molecule has 0 amide bonds. The Bertz CT molecular complexity index is 254. The van der Waals surface area contributed by atoms with Crippen LogP contribution in [-0.4, -0.2) is 27.2 Å². The molecular formula is C8H14N4S. The molecule has 0 aliphatic heterocycles. The maximum absolute atomic E-state index is 4.23. The molecule has 0 atom stereocenters. The molecule has 72 valence electrons. The zero-order valence-electron chi connectivity index (χ0n) is 7.95. The van der Waals surface area contributed by atoms with Crippen molar-refractivity contribution in [1.29, 1.82) is 0 Å². The van der Waals surface area contributed by atoms with Gasteiger partial charge in [-0.2, -0.15) is 4.98 Å². The van der Waals surface area contributed by atoms with E-state index in [1.165, 1.54) is 0 Å². The third-order valence-electron chi connectivity index (χ3n) is 1.36. The number of nitrogens with zero attached hydrogens (tertiary/aromatic N) is 3. The Labute approximate surface area is 82.6 Å². The van der Waals surface area contributed by atoms with Gasteiger partial charge in [-0.1, -0.05) is 25.6 Å². The van der Waals surface area contributed by atoms with Crippen LogP contribution in [0.1, 0.15) is 20.3 Å². The maximum atomic E-state index is 4.23. The van der Waals surface area contributed by atoms with Crippen molar-refractivity contribution in [3.05, 3.63) is 6.33 Å². The molecular weight excluding hydrogens is 184 g/mol. The van der Waals surface area contributed by atoms with Crippen LogP contribution in [0.25, 0.3) is 0 Å². The van der Waals surface area contributed by atoms with E-state index < -0.39 is 0 Å². The second-order valence-corrected chi connectivity index (χ2v) is 3.68. The fraction of sp³-hybridized carbons (Fsp3) is 0.625. The summed E-state index contributed by atoms with van der Waals surface area (Å²) >= 11 is 1.62. The molecule has 0 bridgehead atoms. The first-order valence-corrected chi connectivity index (χ1v) is 5.41. The first-order chi connectivity index (χ1) is 6.36. The molecule has 0 aromatic carbocycles. The van der Waals surface area contributed by atoms with Crippen LogP contribution < -0.4 is 5.32 Å². The summed E-state index contributed by atoms with van der Waals surface area (Å²) in [4.78, 5) is 12.3. The molecule has 0 saturated carbocycles. The molecule has 0 unspecified atom stereocenters. The Hall–Kier alpha value is -0.840. The highest BCUT2D eigenvalue weighted by molar-refractivity contribution is 7.99. The van der Waals surface area contributed by atoms with Crippen molar-refractivity contribution in [3.63, 3.8) is 0 Å². The van der Waals surface area contributed by atoms with Gasteiger partial charge in [-0.05, 0) is 12.2 Å². The lowest BCUT2D eigenvalue weighted by Gasteiger charge is -2.02. The molecule has 0 radical (unpaired) electrons. The summed E-state index contributed by atoms with van der Waals surface area (Å²) in [6.45, 7) is 5.09. The standard InChI is InChI=1S/C8H14N4S/c1-3-5-9-7-10-6-11-8(12-7)13-4-2/h6H,3-5H2,1-2H3,(H,9,10,11,12). The highest BCUT2D eigenvalue weighted by Gasteiger charge is 1.98. The van der Waals surface area contributed by atoms with Crippen LogP contribution in [0.2, 0.25) is 0 Å². The molecule has 13 heavy (non-hydrogen) atoms. The molecule has 0 spiro atoms. The van der Waals surface area contributed by atoms with E-state index in [1.807, 2.05) is 0 Å². The third kappa shape index (κ3) is 3.59. The number of hydrogen-bond donors (Lipinski definition) is 1. The quantitative estimate of drug-likeness (QED) is 0.731. The van der Waals surface area contributed by atoms with E-state index in [0.29, 0.717) is 5.95 Å². The highest BCUT2D eigenvalue weighted by atomic mass is 32.2. The Morgan fingerprint density at radius 2 is 2.23 bits per heavy atom. The van der Waals surface area contributed by atoms with Crippen LogP contribution in [0, 0.1) is 0 Å². The maximum Gasteiger partial charge on any atom is 0.226 e. The molecule has 0 aliphatic carbocycles. The first kappa shape index (κ1) is 10.2. The van der Waals surface area contributed by atoms with Gasteiger partial charge in [0.2, 0.25) is 5.95 Å². The number of aromatic nitrogens is 3. The largest absolute Gasteiger partial charge is 0.354 e. The van der Waals surface area contributed by atoms with Gasteiger partial charge in [-0.15, -0.1) is 0 Å². The zero-order valence-corrected chi connectivity index (χ0v) is 8.77. The van der Waals surface area contributed by atoms with Gasteiger partial charge in [0.05, 0.1) is 0 Å². The van der Waals surface area contributed by atoms with Crippen LogP contribution in [-0.2, 0) is 0 Å². The number of hydrogen-bond acceptors (Lipinski definition) is 5. The normalized spacial score (nSPS) is 10.0. The monoisotopic (exact) mass is 198 g/mol. The predicted molar refractivity (Wildman–Crippen MR) is 55.0 cm³/mol. The van der Waals surface area contributed by atoms with E-state index >= 15 is 0 Å². The lowest BCUT2D eigenvalue weighted by molar-refractivity contribution is 0.877. The van der Waals surface area contributed by atoms with E-state index in [0.717, 1.165) is 23.9 Å². The SMILES string of the molecule is CCCNc1ncnc(SCC)n1. The van der Waals surface area contributed by atoms with Crippen molar-refractivity contribution >= 4 is 17.7 Å². The smallest absolute Gasteiger partial charge is 0.226 e. The van der Waals surface area contributed by atoms with Crippen LogP contribution in [0.15, 0.2) is 11.5 Å². The number of thioether (sulfide) groups is 1. The molecule has 1 heterocycles. The van der Waals surface area contributed by atoms with Gasteiger partial charge >= 0.3 is 0 Å². The summed E-state index contributed by atoms with van der Waals surface area (Å²) in [5.41, 5.74) is 0. The Morgan fingerprint density at radius 3 is 2.92 bits per heavy atom. The molecule has 1 N–H and O–H groups in total. The summed E-state index contributed by atoms with van der Waals surface area (Å²) in [7, 11) is 0. The fourth-order valence-corrected chi connectivity index (χ4v) is 1.33. The predicted octanol–water partition coefficient (Wildman–Crippen LogP) is 1.81. The molecule has 4 nitrogen and oxygen atoms in total. The average Bonchev–Trinajstić information content (AvgIpc) is 2.16. The minimum atomic E-state index is 0.674.